The highest BCUT2D eigenvalue weighted by atomic mass is 32.2. The fourth-order valence-electron chi connectivity index (χ4n) is 3.72. The van der Waals surface area contributed by atoms with E-state index in [0.717, 1.165) is 29.5 Å². The molecule has 0 radical (unpaired) electrons. The predicted molar refractivity (Wildman–Crippen MR) is 100 cm³/mol. The van der Waals surface area contributed by atoms with Gasteiger partial charge in [-0.25, -0.2) is 8.42 Å². The number of carbonyl (C=O) groups is 1. The highest BCUT2D eigenvalue weighted by molar-refractivity contribution is 7.89. The van der Waals surface area contributed by atoms with Gasteiger partial charge in [-0.1, -0.05) is 38.0 Å². The molecule has 0 aliphatic carbocycles. The monoisotopic (exact) mass is 366 g/mol. The van der Waals surface area contributed by atoms with Crippen LogP contribution in [0.5, 0.6) is 0 Å². The van der Waals surface area contributed by atoms with Gasteiger partial charge >= 0.3 is 0 Å². The Bertz CT molecular complexity index is 712. The Morgan fingerprint density at radius 3 is 2.08 bits per heavy atom. The van der Waals surface area contributed by atoms with E-state index in [4.69, 9.17) is 0 Å². The zero-order valence-electron chi connectivity index (χ0n) is 16.0. The Morgan fingerprint density at radius 2 is 1.60 bits per heavy atom. The minimum atomic E-state index is -3.52. The molecule has 1 heterocycles. The van der Waals surface area contributed by atoms with Gasteiger partial charge in [0.1, 0.15) is 0 Å². The molecule has 25 heavy (non-hydrogen) atoms. The van der Waals surface area contributed by atoms with Crippen LogP contribution in [0.25, 0.3) is 0 Å². The molecule has 0 spiro atoms. The number of hydrogen-bond donors (Lipinski definition) is 0. The van der Waals surface area contributed by atoms with Crippen molar-refractivity contribution in [2.45, 2.75) is 52.4 Å². The number of benzene rings is 1. The summed E-state index contributed by atoms with van der Waals surface area (Å²) in [6.45, 7) is 11.3. The molecule has 1 saturated heterocycles. The summed E-state index contributed by atoms with van der Waals surface area (Å²) in [5.74, 6) is 0.149. The van der Waals surface area contributed by atoms with E-state index in [2.05, 4.69) is 6.92 Å². The van der Waals surface area contributed by atoms with Gasteiger partial charge in [-0.2, -0.15) is 4.31 Å². The van der Waals surface area contributed by atoms with Gasteiger partial charge in [0.2, 0.25) is 15.9 Å². The molecule has 1 aliphatic rings. The Kier molecular flexibility index (Phi) is 6.27. The molecule has 1 fully saturated rings. The quantitative estimate of drug-likeness (QED) is 0.805. The number of amides is 1. The first-order valence-electron chi connectivity index (χ1n) is 9.05. The van der Waals surface area contributed by atoms with Crippen LogP contribution in [-0.4, -0.2) is 49.7 Å². The average Bonchev–Trinajstić information content (AvgIpc) is 2.53. The maximum Gasteiger partial charge on any atom is 0.243 e. The first-order chi connectivity index (χ1) is 11.7. The summed E-state index contributed by atoms with van der Waals surface area (Å²) >= 11 is 0. The Labute approximate surface area is 152 Å². The predicted octanol–water partition coefficient (Wildman–Crippen LogP) is 2.88. The Morgan fingerprint density at radius 1 is 1.08 bits per heavy atom. The molecule has 2 rings (SSSR count). The third-order valence-corrected chi connectivity index (χ3v) is 7.10. The number of piperazine rings is 1. The molecule has 6 heteroatoms. The van der Waals surface area contributed by atoms with E-state index in [1.165, 1.54) is 4.31 Å². The number of carbonyl (C=O) groups excluding carboxylic acids is 1. The van der Waals surface area contributed by atoms with Crippen molar-refractivity contribution >= 4 is 15.9 Å². The smallest absolute Gasteiger partial charge is 0.243 e. The van der Waals surface area contributed by atoms with E-state index < -0.39 is 10.0 Å². The lowest BCUT2D eigenvalue weighted by atomic mass is 10.0. The van der Waals surface area contributed by atoms with Crippen LogP contribution in [0.15, 0.2) is 17.0 Å². The zero-order chi connectivity index (χ0) is 18.8. The summed E-state index contributed by atoms with van der Waals surface area (Å²) in [4.78, 5) is 14.6. The van der Waals surface area contributed by atoms with E-state index >= 15 is 0 Å². The zero-order valence-corrected chi connectivity index (χ0v) is 16.8. The third-order valence-electron chi connectivity index (χ3n) is 4.90. The lowest BCUT2D eigenvalue weighted by Gasteiger charge is -2.35. The second-order valence-electron chi connectivity index (χ2n) is 7.15. The maximum absolute atomic E-state index is 13.1. The topological polar surface area (TPSA) is 57.7 Å². The standard InChI is InChI=1S/C19H30N2O3S/c1-6-7-15(3)19(22)20-8-10-21(11-9-20)25(23,24)18-16(4)12-14(2)13-17(18)5/h12-13,15H,6-11H2,1-5H3/t15-/m0/s1. The largest absolute Gasteiger partial charge is 0.340 e. The van der Waals surface area contributed by atoms with Gasteiger partial charge in [0.25, 0.3) is 0 Å². The summed E-state index contributed by atoms with van der Waals surface area (Å²) in [5.41, 5.74) is 2.63. The molecule has 1 atom stereocenters. The van der Waals surface area contributed by atoms with E-state index in [0.29, 0.717) is 31.1 Å². The van der Waals surface area contributed by atoms with Crippen LogP contribution in [0.2, 0.25) is 0 Å². The molecule has 0 unspecified atom stereocenters. The second kappa shape index (κ2) is 7.87. The molecule has 1 amide bonds. The molecule has 140 valence electrons. The molecule has 0 bridgehead atoms. The molecule has 1 aromatic carbocycles. The van der Waals surface area contributed by atoms with Crippen molar-refractivity contribution in [3.05, 3.63) is 28.8 Å². The summed E-state index contributed by atoms with van der Waals surface area (Å²) in [5, 5.41) is 0. The number of aryl methyl sites for hydroxylation is 3. The van der Waals surface area contributed by atoms with Crippen molar-refractivity contribution in [1.82, 2.24) is 9.21 Å². The molecular weight excluding hydrogens is 336 g/mol. The van der Waals surface area contributed by atoms with Gasteiger partial charge in [-0.05, 0) is 38.3 Å². The Balaban J connectivity index is 2.14. The van der Waals surface area contributed by atoms with Crippen molar-refractivity contribution in [3.63, 3.8) is 0 Å². The molecule has 1 aromatic rings. The van der Waals surface area contributed by atoms with Crippen molar-refractivity contribution in [1.29, 1.82) is 0 Å². The van der Waals surface area contributed by atoms with Gasteiger partial charge in [0.05, 0.1) is 4.90 Å². The van der Waals surface area contributed by atoms with Crippen LogP contribution < -0.4 is 0 Å². The van der Waals surface area contributed by atoms with E-state index in [9.17, 15) is 13.2 Å². The number of sulfonamides is 1. The molecule has 0 saturated carbocycles. The van der Waals surface area contributed by atoms with Crippen molar-refractivity contribution in [3.8, 4) is 0 Å². The fraction of sp³-hybridized carbons (Fsp3) is 0.632. The lowest BCUT2D eigenvalue weighted by Crippen LogP contribution is -2.51. The minimum Gasteiger partial charge on any atom is -0.340 e. The summed E-state index contributed by atoms with van der Waals surface area (Å²) in [7, 11) is -3.52. The lowest BCUT2D eigenvalue weighted by molar-refractivity contribution is -0.136. The molecule has 5 nitrogen and oxygen atoms in total. The van der Waals surface area contributed by atoms with E-state index in [-0.39, 0.29) is 11.8 Å². The fourth-order valence-corrected chi connectivity index (χ4v) is 5.55. The minimum absolute atomic E-state index is 0.00902. The van der Waals surface area contributed by atoms with Crippen LogP contribution in [0, 0.1) is 26.7 Å². The van der Waals surface area contributed by atoms with Crippen LogP contribution in [0.4, 0.5) is 0 Å². The highest BCUT2D eigenvalue weighted by Gasteiger charge is 2.32. The van der Waals surface area contributed by atoms with Crippen LogP contribution in [0.1, 0.15) is 43.4 Å². The third kappa shape index (κ3) is 4.23. The van der Waals surface area contributed by atoms with Crippen LogP contribution in [0.3, 0.4) is 0 Å². The SMILES string of the molecule is CCC[C@H](C)C(=O)N1CCN(S(=O)(=O)c2c(C)cc(C)cc2C)CC1. The van der Waals surface area contributed by atoms with Crippen molar-refractivity contribution < 1.29 is 13.2 Å². The van der Waals surface area contributed by atoms with Crippen molar-refractivity contribution in [2.75, 3.05) is 26.2 Å². The number of hydrogen-bond acceptors (Lipinski definition) is 3. The first-order valence-corrected chi connectivity index (χ1v) is 10.5. The summed E-state index contributed by atoms with van der Waals surface area (Å²) in [6.07, 6.45) is 1.85. The normalized spacial score (nSPS) is 17.6. The summed E-state index contributed by atoms with van der Waals surface area (Å²) < 4.78 is 27.7. The average molecular weight is 367 g/mol. The first kappa shape index (κ1) is 19.9. The molecule has 1 aliphatic heterocycles. The number of nitrogens with zero attached hydrogens (tertiary/aromatic N) is 2. The second-order valence-corrected chi connectivity index (χ2v) is 9.02. The molecular formula is C19H30N2O3S. The van der Waals surface area contributed by atoms with Gasteiger partial charge in [-0.15, -0.1) is 0 Å². The van der Waals surface area contributed by atoms with Crippen LogP contribution in [-0.2, 0) is 14.8 Å². The van der Waals surface area contributed by atoms with E-state index in [1.807, 2.05) is 39.8 Å². The van der Waals surface area contributed by atoms with Gasteiger partial charge in [0, 0.05) is 32.1 Å². The van der Waals surface area contributed by atoms with E-state index in [1.54, 1.807) is 4.90 Å². The van der Waals surface area contributed by atoms with Crippen molar-refractivity contribution in [2.24, 2.45) is 5.92 Å². The Hall–Kier alpha value is -1.40. The highest BCUT2D eigenvalue weighted by Crippen LogP contribution is 2.26. The number of rotatable bonds is 5. The van der Waals surface area contributed by atoms with Gasteiger partial charge in [0.15, 0.2) is 0 Å². The van der Waals surface area contributed by atoms with Crippen LogP contribution >= 0.6 is 0 Å². The molecule has 0 aromatic heterocycles. The maximum atomic E-state index is 13.1. The molecule has 0 N–H and O–H groups in total. The summed E-state index contributed by atoms with van der Waals surface area (Å²) in [6, 6.07) is 3.82. The van der Waals surface area contributed by atoms with Gasteiger partial charge < -0.3 is 4.90 Å². The van der Waals surface area contributed by atoms with Gasteiger partial charge in [-0.3, -0.25) is 4.79 Å².